The van der Waals surface area contributed by atoms with E-state index in [4.69, 9.17) is 10.2 Å². The molecule has 0 aliphatic heterocycles. The maximum Gasteiger partial charge on any atom is 0.326 e. The Hall–Kier alpha value is -1.66. The van der Waals surface area contributed by atoms with E-state index in [1.807, 2.05) is 5.38 Å². The van der Waals surface area contributed by atoms with Crippen molar-refractivity contribution in [3.8, 4) is 0 Å². The molecule has 19 heavy (non-hydrogen) atoms. The number of carboxylic acid groups (broad SMARTS) is 1. The van der Waals surface area contributed by atoms with Gasteiger partial charge in [0.1, 0.15) is 6.04 Å². The number of aliphatic hydroxyl groups is 1. The molecule has 1 aromatic rings. The molecule has 102 valence electrons. The third-order valence-corrected chi connectivity index (χ3v) is 3.86. The number of nitrogens with one attached hydrogen (secondary N) is 1. The first-order chi connectivity index (χ1) is 9.10. The molecule has 0 saturated heterocycles. The molecule has 2 rings (SSSR count). The minimum absolute atomic E-state index is 0.0285. The predicted molar refractivity (Wildman–Crippen MR) is 71.6 cm³/mol. The molecular formula is C13H15NO4S. The summed E-state index contributed by atoms with van der Waals surface area (Å²) in [5, 5.41) is 22.2. The highest BCUT2D eigenvalue weighted by atomic mass is 32.1. The zero-order chi connectivity index (χ0) is 13.8. The number of amides is 1. The van der Waals surface area contributed by atoms with Crippen LogP contribution in [-0.4, -0.2) is 28.1 Å². The monoisotopic (exact) mass is 281 g/mol. The summed E-state index contributed by atoms with van der Waals surface area (Å²) >= 11 is 1.42. The Kier molecular flexibility index (Phi) is 4.34. The van der Waals surface area contributed by atoms with E-state index < -0.39 is 17.9 Å². The Labute approximate surface area is 114 Å². The molecule has 0 bridgehead atoms. The molecule has 1 heterocycles. The van der Waals surface area contributed by atoms with Gasteiger partial charge in [-0.2, -0.15) is 0 Å². The van der Waals surface area contributed by atoms with Crippen molar-refractivity contribution in [2.75, 3.05) is 0 Å². The van der Waals surface area contributed by atoms with Gasteiger partial charge in [-0.3, -0.25) is 4.79 Å². The van der Waals surface area contributed by atoms with E-state index >= 15 is 0 Å². The van der Waals surface area contributed by atoms with Gasteiger partial charge in [-0.05, 0) is 41.8 Å². The molecule has 1 amide bonds. The lowest BCUT2D eigenvalue weighted by molar-refractivity contribution is -0.141. The third kappa shape index (κ3) is 3.90. The van der Waals surface area contributed by atoms with Crippen LogP contribution >= 0.6 is 11.3 Å². The number of thiophene rings is 1. The van der Waals surface area contributed by atoms with Crippen LogP contribution in [-0.2, 0) is 16.2 Å². The van der Waals surface area contributed by atoms with E-state index in [1.165, 1.54) is 17.4 Å². The minimum atomic E-state index is -0.983. The molecule has 1 aromatic heterocycles. The first-order valence-electron chi connectivity index (χ1n) is 6.00. The van der Waals surface area contributed by atoms with Crippen molar-refractivity contribution >= 4 is 29.3 Å². The number of carboxylic acids is 1. The Bertz CT molecular complexity index is 504. The lowest BCUT2D eigenvalue weighted by Crippen LogP contribution is -2.41. The van der Waals surface area contributed by atoms with Crippen LogP contribution in [0.4, 0.5) is 0 Å². The van der Waals surface area contributed by atoms with Crippen molar-refractivity contribution in [3.63, 3.8) is 0 Å². The van der Waals surface area contributed by atoms with Gasteiger partial charge in [-0.1, -0.05) is 0 Å². The normalized spacial score (nSPS) is 16.5. The van der Waals surface area contributed by atoms with Crippen LogP contribution in [0.5, 0.6) is 0 Å². The third-order valence-electron chi connectivity index (χ3n) is 2.91. The zero-order valence-corrected chi connectivity index (χ0v) is 11.0. The van der Waals surface area contributed by atoms with Crippen molar-refractivity contribution < 1.29 is 19.8 Å². The highest BCUT2D eigenvalue weighted by Gasteiger charge is 2.36. The van der Waals surface area contributed by atoms with Crippen molar-refractivity contribution in [1.29, 1.82) is 0 Å². The molecule has 1 atom stereocenters. The van der Waals surface area contributed by atoms with E-state index in [9.17, 15) is 9.59 Å². The number of carbonyl (C=O) groups is 2. The smallest absolute Gasteiger partial charge is 0.326 e. The average molecular weight is 281 g/mol. The quantitative estimate of drug-likeness (QED) is 0.685. The fraction of sp³-hybridized carbons (Fsp3) is 0.385. The van der Waals surface area contributed by atoms with Gasteiger partial charge in [-0.15, -0.1) is 11.3 Å². The first kappa shape index (κ1) is 13.8. The number of carbonyl (C=O) groups excluding carboxylic acids is 1. The van der Waals surface area contributed by atoms with Crippen LogP contribution in [0.1, 0.15) is 23.3 Å². The van der Waals surface area contributed by atoms with E-state index in [2.05, 4.69) is 5.32 Å². The number of aliphatic carboxylic acids is 1. The van der Waals surface area contributed by atoms with Crippen LogP contribution in [0.25, 0.3) is 6.08 Å². The fourth-order valence-corrected chi connectivity index (χ4v) is 2.53. The fourth-order valence-electron chi connectivity index (χ4n) is 1.73. The van der Waals surface area contributed by atoms with Crippen molar-refractivity contribution in [1.82, 2.24) is 5.32 Å². The molecule has 6 heteroatoms. The Morgan fingerprint density at radius 3 is 2.79 bits per heavy atom. The van der Waals surface area contributed by atoms with Crippen molar-refractivity contribution in [2.24, 2.45) is 5.92 Å². The Morgan fingerprint density at radius 1 is 1.53 bits per heavy atom. The SMILES string of the molecule is O=C(C=Cc1cc(CO)cs1)N[C@H](C(=O)O)C1CC1. The molecule has 1 saturated carbocycles. The summed E-state index contributed by atoms with van der Waals surface area (Å²) in [4.78, 5) is 23.4. The summed E-state index contributed by atoms with van der Waals surface area (Å²) in [6.45, 7) is -0.0285. The largest absolute Gasteiger partial charge is 0.480 e. The molecule has 1 aliphatic carbocycles. The summed E-state index contributed by atoms with van der Waals surface area (Å²) in [6.07, 6.45) is 4.65. The van der Waals surface area contributed by atoms with Crippen LogP contribution in [0.3, 0.4) is 0 Å². The maximum absolute atomic E-state index is 11.6. The molecular weight excluding hydrogens is 266 g/mol. The highest BCUT2D eigenvalue weighted by molar-refractivity contribution is 7.11. The van der Waals surface area contributed by atoms with Gasteiger partial charge >= 0.3 is 5.97 Å². The van der Waals surface area contributed by atoms with Gasteiger partial charge in [0.05, 0.1) is 6.61 Å². The van der Waals surface area contributed by atoms with Gasteiger partial charge in [0.2, 0.25) is 5.91 Å². The van der Waals surface area contributed by atoms with Gasteiger partial charge in [0.25, 0.3) is 0 Å². The van der Waals surface area contributed by atoms with E-state index in [1.54, 1.807) is 12.1 Å². The van der Waals surface area contributed by atoms with Crippen molar-refractivity contribution in [2.45, 2.75) is 25.5 Å². The minimum Gasteiger partial charge on any atom is -0.480 e. The van der Waals surface area contributed by atoms with E-state index in [0.29, 0.717) is 0 Å². The van der Waals surface area contributed by atoms with E-state index in [-0.39, 0.29) is 12.5 Å². The summed E-state index contributed by atoms with van der Waals surface area (Å²) in [5.74, 6) is -1.32. The second kappa shape index (κ2) is 5.99. The first-order valence-corrected chi connectivity index (χ1v) is 6.88. The maximum atomic E-state index is 11.6. The molecule has 3 N–H and O–H groups in total. The number of hydrogen-bond acceptors (Lipinski definition) is 4. The predicted octanol–water partition coefficient (Wildman–Crippen LogP) is 1.23. The molecule has 0 radical (unpaired) electrons. The highest BCUT2D eigenvalue weighted by Crippen LogP contribution is 2.32. The number of aliphatic hydroxyl groups excluding tert-OH is 1. The van der Waals surface area contributed by atoms with Gasteiger partial charge in [-0.25, -0.2) is 4.79 Å². The lowest BCUT2D eigenvalue weighted by atomic mass is 10.2. The Balaban J connectivity index is 1.91. The van der Waals surface area contributed by atoms with Crippen LogP contribution in [0, 0.1) is 5.92 Å². The lowest BCUT2D eigenvalue weighted by Gasteiger charge is -2.11. The Morgan fingerprint density at radius 2 is 2.26 bits per heavy atom. The standard InChI is InChI=1S/C13H15NO4S/c15-6-8-5-10(19-7-8)3-4-11(16)14-12(13(17)18)9-1-2-9/h3-5,7,9,12,15H,1-2,6H2,(H,14,16)(H,17,18)/t12-/m0/s1. The summed E-state index contributed by atoms with van der Waals surface area (Å²) in [6, 6.07) is 0.998. The van der Waals surface area contributed by atoms with E-state index in [0.717, 1.165) is 23.3 Å². The topological polar surface area (TPSA) is 86.6 Å². The van der Waals surface area contributed by atoms with Gasteiger partial charge < -0.3 is 15.5 Å². The molecule has 5 nitrogen and oxygen atoms in total. The summed E-state index contributed by atoms with van der Waals surface area (Å²) < 4.78 is 0. The summed E-state index contributed by atoms with van der Waals surface area (Å²) in [7, 11) is 0. The average Bonchev–Trinajstić information content (AvgIpc) is 3.11. The molecule has 0 spiro atoms. The van der Waals surface area contributed by atoms with Gasteiger partial charge in [0.15, 0.2) is 0 Å². The van der Waals surface area contributed by atoms with Crippen LogP contribution in [0.2, 0.25) is 0 Å². The number of rotatable bonds is 6. The molecule has 1 fully saturated rings. The summed E-state index contributed by atoms with van der Waals surface area (Å²) in [5.41, 5.74) is 0.798. The molecule has 0 unspecified atom stereocenters. The molecule has 0 aromatic carbocycles. The second-order valence-corrected chi connectivity index (χ2v) is 5.45. The second-order valence-electron chi connectivity index (χ2n) is 4.51. The van der Waals surface area contributed by atoms with Gasteiger partial charge in [0, 0.05) is 11.0 Å². The van der Waals surface area contributed by atoms with Crippen LogP contribution < -0.4 is 5.32 Å². The molecule has 1 aliphatic rings. The van der Waals surface area contributed by atoms with Crippen LogP contribution in [0.15, 0.2) is 17.5 Å². The zero-order valence-electron chi connectivity index (χ0n) is 10.2. The van der Waals surface area contributed by atoms with Crippen molar-refractivity contribution in [3.05, 3.63) is 28.0 Å². The number of hydrogen-bond donors (Lipinski definition) is 3.